The minimum absolute atomic E-state index is 0.474. The molecule has 2 aromatic heterocycles. The van der Waals surface area contributed by atoms with Crippen molar-refractivity contribution in [1.29, 1.82) is 0 Å². The third-order valence-electron chi connectivity index (χ3n) is 5.42. The van der Waals surface area contributed by atoms with Crippen molar-refractivity contribution in [3.63, 3.8) is 0 Å². The zero-order valence-corrected chi connectivity index (χ0v) is 16.6. The molecule has 4 heterocycles. The van der Waals surface area contributed by atoms with Crippen molar-refractivity contribution in [3.05, 3.63) is 30.1 Å². The number of anilines is 1. The largest absolute Gasteiger partial charge is 0.354 e. The van der Waals surface area contributed by atoms with E-state index in [-0.39, 0.29) is 0 Å². The lowest BCUT2D eigenvalue weighted by molar-refractivity contribution is 0.343. The maximum atomic E-state index is 12.7. The van der Waals surface area contributed by atoms with Gasteiger partial charge in [0.1, 0.15) is 24.3 Å². The average molecular weight is 392 g/mol. The van der Waals surface area contributed by atoms with Crippen molar-refractivity contribution in [2.45, 2.75) is 26.7 Å². The molecule has 10 heteroatoms. The first-order chi connectivity index (χ1) is 13.0. The van der Waals surface area contributed by atoms with Crippen LogP contribution in [0.1, 0.15) is 24.2 Å². The number of aromatic nitrogens is 4. The number of aryl methyl sites for hydroxylation is 1. The van der Waals surface area contributed by atoms with Gasteiger partial charge in [0.15, 0.2) is 0 Å². The lowest BCUT2D eigenvalue weighted by atomic mass is 10.3. The SMILES string of the molecule is Cc1ncn(-c2cc(N3CCN(S(=O)(=O)N4CCCC4)CC3)ncn2)c1C. The highest BCUT2D eigenvalue weighted by molar-refractivity contribution is 7.86. The molecule has 2 fully saturated rings. The van der Waals surface area contributed by atoms with E-state index in [2.05, 4.69) is 19.9 Å². The van der Waals surface area contributed by atoms with Crippen LogP contribution in [0.25, 0.3) is 5.82 Å². The molecule has 0 atom stereocenters. The third-order valence-corrected chi connectivity index (χ3v) is 7.45. The van der Waals surface area contributed by atoms with E-state index < -0.39 is 10.2 Å². The lowest BCUT2D eigenvalue weighted by Crippen LogP contribution is -2.52. The van der Waals surface area contributed by atoms with Crippen molar-refractivity contribution in [2.24, 2.45) is 0 Å². The van der Waals surface area contributed by atoms with Crippen LogP contribution in [0.2, 0.25) is 0 Å². The van der Waals surface area contributed by atoms with Gasteiger partial charge in [-0.2, -0.15) is 17.0 Å². The highest BCUT2D eigenvalue weighted by Crippen LogP contribution is 2.21. The molecular weight excluding hydrogens is 366 g/mol. The van der Waals surface area contributed by atoms with Crippen LogP contribution >= 0.6 is 0 Å². The van der Waals surface area contributed by atoms with E-state index in [1.807, 2.05) is 24.5 Å². The Labute approximate surface area is 159 Å². The van der Waals surface area contributed by atoms with Crippen molar-refractivity contribution in [1.82, 2.24) is 28.1 Å². The van der Waals surface area contributed by atoms with Gasteiger partial charge in [-0.05, 0) is 26.7 Å². The van der Waals surface area contributed by atoms with Crippen molar-refractivity contribution in [3.8, 4) is 5.82 Å². The predicted molar refractivity (Wildman–Crippen MR) is 102 cm³/mol. The molecular formula is C17H25N7O2S. The first-order valence-corrected chi connectivity index (χ1v) is 10.7. The Hall–Kier alpha value is -2.04. The quantitative estimate of drug-likeness (QED) is 0.764. The Bertz CT molecular complexity index is 913. The zero-order chi connectivity index (χ0) is 19.0. The molecule has 0 radical (unpaired) electrons. The van der Waals surface area contributed by atoms with E-state index in [4.69, 9.17) is 0 Å². The summed E-state index contributed by atoms with van der Waals surface area (Å²) in [6.45, 7) is 7.43. The van der Waals surface area contributed by atoms with E-state index in [1.165, 1.54) is 0 Å². The molecule has 0 bridgehead atoms. The smallest absolute Gasteiger partial charge is 0.282 e. The molecule has 0 aliphatic carbocycles. The van der Waals surface area contributed by atoms with E-state index in [0.29, 0.717) is 39.3 Å². The Morgan fingerprint density at radius 2 is 1.48 bits per heavy atom. The van der Waals surface area contributed by atoms with E-state index in [0.717, 1.165) is 35.9 Å². The lowest BCUT2D eigenvalue weighted by Gasteiger charge is -2.36. The zero-order valence-electron chi connectivity index (χ0n) is 15.7. The van der Waals surface area contributed by atoms with Gasteiger partial charge in [0.05, 0.1) is 5.69 Å². The Kier molecular flexibility index (Phi) is 4.87. The highest BCUT2D eigenvalue weighted by Gasteiger charge is 2.34. The summed E-state index contributed by atoms with van der Waals surface area (Å²) < 4.78 is 30.6. The number of hydrogen-bond acceptors (Lipinski definition) is 6. The maximum Gasteiger partial charge on any atom is 0.282 e. The van der Waals surface area contributed by atoms with Gasteiger partial charge in [-0.25, -0.2) is 15.0 Å². The van der Waals surface area contributed by atoms with Crippen LogP contribution in [0.5, 0.6) is 0 Å². The standard InChI is InChI=1S/C17H25N7O2S/c1-14-15(2)24(13-20-14)17-11-16(18-12-19-17)21-7-9-23(10-8-21)27(25,26)22-5-3-4-6-22/h11-13H,3-10H2,1-2H3. The van der Waals surface area contributed by atoms with Gasteiger partial charge < -0.3 is 4.90 Å². The molecule has 0 amide bonds. The summed E-state index contributed by atoms with van der Waals surface area (Å²) >= 11 is 0. The van der Waals surface area contributed by atoms with Crippen molar-refractivity contribution < 1.29 is 8.42 Å². The fourth-order valence-electron chi connectivity index (χ4n) is 3.60. The molecule has 2 aromatic rings. The normalized spacial score (nSPS) is 19.7. The Morgan fingerprint density at radius 1 is 0.852 bits per heavy atom. The van der Waals surface area contributed by atoms with Crippen molar-refractivity contribution in [2.75, 3.05) is 44.2 Å². The van der Waals surface area contributed by atoms with Gasteiger partial charge in [-0.3, -0.25) is 4.57 Å². The first-order valence-electron chi connectivity index (χ1n) is 9.30. The van der Waals surface area contributed by atoms with Crippen LogP contribution in [-0.2, 0) is 10.2 Å². The first kappa shape index (κ1) is 18.3. The number of hydrogen-bond donors (Lipinski definition) is 0. The fourth-order valence-corrected chi connectivity index (χ4v) is 5.27. The maximum absolute atomic E-state index is 12.7. The molecule has 27 heavy (non-hydrogen) atoms. The Balaban J connectivity index is 1.47. The molecule has 146 valence electrons. The number of imidazole rings is 1. The van der Waals surface area contributed by atoms with Gasteiger partial charge in [0.25, 0.3) is 10.2 Å². The molecule has 0 N–H and O–H groups in total. The summed E-state index contributed by atoms with van der Waals surface area (Å²) in [7, 11) is -3.33. The van der Waals surface area contributed by atoms with Crippen LogP contribution < -0.4 is 4.90 Å². The van der Waals surface area contributed by atoms with Gasteiger partial charge in [0.2, 0.25) is 0 Å². The topological polar surface area (TPSA) is 87.5 Å². The van der Waals surface area contributed by atoms with Crippen LogP contribution in [0.15, 0.2) is 18.7 Å². The van der Waals surface area contributed by atoms with Crippen LogP contribution in [0.3, 0.4) is 0 Å². The molecule has 0 spiro atoms. The predicted octanol–water partition coefficient (Wildman–Crippen LogP) is 0.742. The second-order valence-electron chi connectivity index (χ2n) is 7.02. The van der Waals surface area contributed by atoms with Crippen LogP contribution in [0, 0.1) is 13.8 Å². The molecule has 2 saturated heterocycles. The summed E-state index contributed by atoms with van der Waals surface area (Å²) in [5, 5.41) is 0. The fraction of sp³-hybridized carbons (Fsp3) is 0.588. The third kappa shape index (κ3) is 3.44. The van der Waals surface area contributed by atoms with Gasteiger partial charge in [-0.15, -0.1) is 0 Å². The van der Waals surface area contributed by atoms with E-state index >= 15 is 0 Å². The van der Waals surface area contributed by atoms with Crippen molar-refractivity contribution >= 4 is 16.0 Å². The monoisotopic (exact) mass is 391 g/mol. The van der Waals surface area contributed by atoms with Crippen LogP contribution in [-0.4, -0.2) is 75.8 Å². The summed E-state index contributed by atoms with van der Waals surface area (Å²) in [5.41, 5.74) is 2.01. The number of piperazine rings is 1. The number of rotatable bonds is 4. The van der Waals surface area contributed by atoms with Crippen LogP contribution in [0.4, 0.5) is 5.82 Å². The highest BCUT2D eigenvalue weighted by atomic mass is 32.2. The molecule has 0 aromatic carbocycles. The molecule has 0 unspecified atom stereocenters. The van der Waals surface area contributed by atoms with Gasteiger partial charge >= 0.3 is 0 Å². The summed E-state index contributed by atoms with van der Waals surface area (Å²) in [4.78, 5) is 15.2. The Morgan fingerprint density at radius 3 is 2.11 bits per heavy atom. The second kappa shape index (κ2) is 7.17. The molecule has 4 rings (SSSR count). The minimum Gasteiger partial charge on any atom is -0.354 e. The van der Waals surface area contributed by atoms with E-state index in [1.54, 1.807) is 21.3 Å². The molecule has 2 aliphatic rings. The van der Waals surface area contributed by atoms with Gasteiger partial charge in [0, 0.05) is 51.0 Å². The minimum atomic E-state index is -3.33. The molecule has 2 aliphatic heterocycles. The molecule has 9 nitrogen and oxygen atoms in total. The molecule has 0 saturated carbocycles. The average Bonchev–Trinajstić information content (AvgIpc) is 3.34. The van der Waals surface area contributed by atoms with E-state index in [9.17, 15) is 8.42 Å². The summed E-state index contributed by atoms with van der Waals surface area (Å²) in [5.74, 6) is 1.58. The summed E-state index contributed by atoms with van der Waals surface area (Å²) in [6, 6.07) is 1.93. The number of nitrogens with zero attached hydrogens (tertiary/aromatic N) is 7. The second-order valence-corrected chi connectivity index (χ2v) is 8.95. The summed E-state index contributed by atoms with van der Waals surface area (Å²) in [6.07, 6.45) is 5.22. The van der Waals surface area contributed by atoms with Gasteiger partial charge in [-0.1, -0.05) is 0 Å².